The third-order valence-corrected chi connectivity index (χ3v) is 4.38. The molecule has 3 N–H and O–H groups in total. The van der Waals surface area contributed by atoms with Crippen molar-refractivity contribution < 1.29 is 9.53 Å². The van der Waals surface area contributed by atoms with Gasteiger partial charge in [0.05, 0.1) is 8.95 Å². The SMILES string of the molecule is CCC(C)(C)NC(=O)COc1c(Br)cc(CCN)cc1Br. The van der Waals surface area contributed by atoms with Gasteiger partial charge in [0.15, 0.2) is 6.61 Å². The Morgan fingerprint density at radius 1 is 1.33 bits per heavy atom. The number of ether oxygens (including phenoxy) is 1. The number of hydrogen-bond acceptors (Lipinski definition) is 3. The molecule has 1 aromatic carbocycles. The largest absolute Gasteiger partial charge is 0.481 e. The number of benzene rings is 1. The molecule has 0 atom stereocenters. The number of rotatable bonds is 7. The molecular formula is C15H22Br2N2O2. The fraction of sp³-hybridized carbons (Fsp3) is 0.533. The van der Waals surface area contributed by atoms with Crippen LogP contribution in [-0.4, -0.2) is 24.6 Å². The van der Waals surface area contributed by atoms with Gasteiger partial charge in [0, 0.05) is 5.54 Å². The maximum atomic E-state index is 11.9. The number of halogens is 2. The second kappa shape index (κ2) is 8.15. The Kier molecular flexibility index (Phi) is 7.16. The van der Waals surface area contributed by atoms with Gasteiger partial charge in [-0.05, 0) is 82.8 Å². The van der Waals surface area contributed by atoms with Crippen molar-refractivity contribution in [3.8, 4) is 5.75 Å². The molecular weight excluding hydrogens is 400 g/mol. The first-order chi connectivity index (χ1) is 9.79. The predicted molar refractivity (Wildman–Crippen MR) is 92.6 cm³/mol. The van der Waals surface area contributed by atoms with Crippen LogP contribution in [0.4, 0.5) is 0 Å². The topological polar surface area (TPSA) is 64.3 Å². The molecule has 1 aromatic rings. The summed E-state index contributed by atoms with van der Waals surface area (Å²) >= 11 is 6.93. The maximum Gasteiger partial charge on any atom is 0.258 e. The smallest absolute Gasteiger partial charge is 0.258 e. The lowest BCUT2D eigenvalue weighted by atomic mass is 10.0. The maximum absolute atomic E-state index is 11.9. The van der Waals surface area contributed by atoms with E-state index in [-0.39, 0.29) is 18.1 Å². The van der Waals surface area contributed by atoms with Gasteiger partial charge in [-0.2, -0.15) is 0 Å². The van der Waals surface area contributed by atoms with Crippen LogP contribution in [0.3, 0.4) is 0 Å². The van der Waals surface area contributed by atoms with Gasteiger partial charge >= 0.3 is 0 Å². The van der Waals surface area contributed by atoms with Crippen molar-refractivity contribution in [1.29, 1.82) is 0 Å². The third kappa shape index (κ3) is 5.96. The fourth-order valence-electron chi connectivity index (χ4n) is 1.70. The molecule has 118 valence electrons. The van der Waals surface area contributed by atoms with Crippen LogP contribution in [0.15, 0.2) is 21.1 Å². The second-order valence-electron chi connectivity index (χ2n) is 5.50. The molecule has 4 nitrogen and oxygen atoms in total. The molecule has 21 heavy (non-hydrogen) atoms. The monoisotopic (exact) mass is 420 g/mol. The molecule has 6 heteroatoms. The van der Waals surface area contributed by atoms with E-state index in [2.05, 4.69) is 37.2 Å². The lowest BCUT2D eigenvalue weighted by Gasteiger charge is -2.24. The van der Waals surface area contributed by atoms with Crippen molar-refractivity contribution in [2.24, 2.45) is 5.73 Å². The summed E-state index contributed by atoms with van der Waals surface area (Å²) in [5, 5.41) is 2.94. The minimum atomic E-state index is -0.222. The van der Waals surface area contributed by atoms with E-state index in [4.69, 9.17) is 10.5 Å². The third-order valence-electron chi connectivity index (χ3n) is 3.20. The Morgan fingerprint density at radius 3 is 2.38 bits per heavy atom. The quantitative estimate of drug-likeness (QED) is 0.709. The van der Waals surface area contributed by atoms with E-state index in [9.17, 15) is 4.79 Å². The molecule has 0 aliphatic heterocycles. The van der Waals surface area contributed by atoms with Gasteiger partial charge in [-0.3, -0.25) is 4.79 Å². The van der Waals surface area contributed by atoms with E-state index in [1.165, 1.54) is 0 Å². The Bertz CT molecular complexity index is 481. The number of nitrogens with one attached hydrogen (secondary N) is 1. The van der Waals surface area contributed by atoms with Crippen molar-refractivity contribution in [1.82, 2.24) is 5.32 Å². The summed E-state index contributed by atoms with van der Waals surface area (Å²) in [5.74, 6) is 0.493. The number of nitrogens with two attached hydrogens (primary N) is 1. The summed E-state index contributed by atoms with van der Waals surface area (Å²) < 4.78 is 7.23. The highest BCUT2D eigenvalue weighted by Crippen LogP contribution is 2.34. The molecule has 0 aromatic heterocycles. The van der Waals surface area contributed by atoms with Crippen molar-refractivity contribution >= 4 is 37.8 Å². The summed E-state index contributed by atoms with van der Waals surface area (Å²) in [5.41, 5.74) is 6.44. The summed E-state index contributed by atoms with van der Waals surface area (Å²) in [6.45, 7) is 6.58. The van der Waals surface area contributed by atoms with E-state index in [0.717, 1.165) is 27.4 Å². The van der Waals surface area contributed by atoms with Crippen molar-refractivity contribution in [3.63, 3.8) is 0 Å². The molecule has 0 aliphatic carbocycles. The lowest BCUT2D eigenvalue weighted by molar-refractivity contribution is -0.124. The van der Waals surface area contributed by atoms with Crippen LogP contribution in [0, 0.1) is 0 Å². The first-order valence-electron chi connectivity index (χ1n) is 6.91. The van der Waals surface area contributed by atoms with Crippen LogP contribution >= 0.6 is 31.9 Å². The fourth-order valence-corrected chi connectivity index (χ4v) is 3.21. The summed E-state index contributed by atoms with van der Waals surface area (Å²) in [6.07, 6.45) is 1.66. The van der Waals surface area contributed by atoms with Crippen LogP contribution < -0.4 is 15.8 Å². The normalized spacial score (nSPS) is 11.3. The molecule has 0 saturated carbocycles. The van der Waals surface area contributed by atoms with Crippen LogP contribution in [0.1, 0.15) is 32.8 Å². The zero-order valence-electron chi connectivity index (χ0n) is 12.6. The van der Waals surface area contributed by atoms with Gasteiger partial charge in [-0.15, -0.1) is 0 Å². The molecule has 1 amide bonds. The van der Waals surface area contributed by atoms with Gasteiger partial charge in [-0.1, -0.05) is 6.92 Å². The average Bonchev–Trinajstić information content (AvgIpc) is 2.37. The van der Waals surface area contributed by atoms with Gasteiger partial charge in [-0.25, -0.2) is 0 Å². The van der Waals surface area contributed by atoms with Crippen LogP contribution in [0.5, 0.6) is 5.75 Å². The Hall–Kier alpha value is -0.590. The predicted octanol–water partition coefficient (Wildman–Crippen LogP) is 3.40. The molecule has 0 spiro atoms. The lowest BCUT2D eigenvalue weighted by Crippen LogP contribution is -2.44. The zero-order valence-corrected chi connectivity index (χ0v) is 15.8. The van der Waals surface area contributed by atoms with Crippen molar-refractivity contribution in [3.05, 3.63) is 26.6 Å². The summed E-state index contributed by atoms with van der Waals surface area (Å²) in [6, 6.07) is 3.92. The number of amides is 1. The van der Waals surface area contributed by atoms with E-state index in [1.807, 2.05) is 32.9 Å². The number of carbonyl (C=O) groups excluding carboxylic acids is 1. The van der Waals surface area contributed by atoms with Crippen molar-refractivity contribution in [2.45, 2.75) is 39.2 Å². The molecule has 0 unspecified atom stereocenters. The van der Waals surface area contributed by atoms with Gasteiger partial charge in [0.2, 0.25) is 0 Å². The Balaban J connectivity index is 2.69. The molecule has 1 rings (SSSR count). The molecule has 0 saturated heterocycles. The molecule has 0 bridgehead atoms. The highest BCUT2D eigenvalue weighted by Gasteiger charge is 2.18. The number of carbonyl (C=O) groups is 1. The summed E-state index contributed by atoms with van der Waals surface area (Å²) in [7, 11) is 0. The minimum Gasteiger partial charge on any atom is -0.481 e. The summed E-state index contributed by atoms with van der Waals surface area (Å²) in [4.78, 5) is 11.9. The molecule has 0 fully saturated rings. The van der Waals surface area contributed by atoms with Crippen LogP contribution in [0.25, 0.3) is 0 Å². The molecule has 0 heterocycles. The van der Waals surface area contributed by atoms with E-state index >= 15 is 0 Å². The molecule has 0 aliphatic rings. The van der Waals surface area contributed by atoms with Crippen LogP contribution in [-0.2, 0) is 11.2 Å². The zero-order chi connectivity index (χ0) is 16.0. The van der Waals surface area contributed by atoms with E-state index in [0.29, 0.717) is 12.3 Å². The van der Waals surface area contributed by atoms with Crippen molar-refractivity contribution in [2.75, 3.05) is 13.2 Å². The standard InChI is InChI=1S/C15H22Br2N2O2/c1-4-15(2,3)19-13(20)9-21-14-11(16)7-10(5-6-18)8-12(14)17/h7-8H,4-6,9,18H2,1-3H3,(H,19,20). The first kappa shape index (κ1) is 18.5. The Morgan fingerprint density at radius 2 is 1.90 bits per heavy atom. The van der Waals surface area contributed by atoms with Gasteiger partial charge in [0.25, 0.3) is 5.91 Å². The Labute approximate surface area is 143 Å². The highest BCUT2D eigenvalue weighted by molar-refractivity contribution is 9.11. The van der Waals surface area contributed by atoms with Gasteiger partial charge < -0.3 is 15.8 Å². The number of hydrogen-bond donors (Lipinski definition) is 2. The second-order valence-corrected chi connectivity index (χ2v) is 7.21. The van der Waals surface area contributed by atoms with Crippen LogP contribution in [0.2, 0.25) is 0 Å². The van der Waals surface area contributed by atoms with E-state index < -0.39 is 0 Å². The minimum absolute atomic E-state index is 0.0170. The van der Waals surface area contributed by atoms with Gasteiger partial charge in [0.1, 0.15) is 5.75 Å². The molecule has 0 radical (unpaired) electrons. The highest BCUT2D eigenvalue weighted by atomic mass is 79.9. The average molecular weight is 422 g/mol. The first-order valence-corrected chi connectivity index (χ1v) is 8.49. The van der Waals surface area contributed by atoms with E-state index in [1.54, 1.807) is 0 Å².